The second kappa shape index (κ2) is 8.67. The van der Waals surface area contributed by atoms with Gasteiger partial charge in [-0.15, -0.1) is 0 Å². The van der Waals surface area contributed by atoms with Crippen molar-refractivity contribution < 1.29 is 31.8 Å². The molecule has 4 aromatic rings. The van der Waals surface area contributed by atoms with E-state index in [-0.39, 0.29) is 28.5 Å². The lowest BCUT2D eigenvalue weighted by molar-refractivity contribution is 0.0526. The van der Waals surface area contributed by atoms with Gasteiger partial charge in [0.2, 0.25) is 0 Å². The van der Waals surface area contributed by atoms with E-state index in [4.69, 9.17) is 18.6 Å². The molecule has 0 saturated carbocycles. The van der Waals surface area contributed by atoms with Crippen molar-refractivity contribution in [2.75, 3.05) is 25.5 Å². The summed E-state index contributed by atoms with van der Waals surface area (Å²) in [6, 6.07) is 13.3. The van der Waals surface area contributed by atoms with Gasteiger partial charge in [0.05, 0.1) is 26.5 Å². The van der Waals surface area contributed by atoms with Crippen molar-refractivity contribution in [1.82, 2.24) is 0 Å². The molecule has 0 atom stereocenters. The van der Waals surface area contributed by atoms with Gasteiger partial charge in [-0.2, -0.15) is 0 Å². The van der Waals surface area contributed by atoms with E-state index in [0.29, 0.717) is 33.3 Å². The zero-order chi connectivity index (χ0) is 23.8. The average Bonchev–Trinajstić information content (AvgIpc) is 3.14. The van der Waals surface area contributed by atoms with Gasteiger partial charge >= 0.3 is 5.97 Å². The molecule has 4 rings (SSSR count). The number of carbonyl (C=O) groups excluding carboxylic acids is 1. The topological polar surface area (TPSA) is 104 Å². The second-order valence-electron chi connectivity index (χ2n) is 7.22. The van der Waals surface area contributed by atoms with Crippen LogP contribution in [0.3, 0.4) is 0 Å². The Balaban J connectivity index is 1.94. The number of fused-ring (bicyclic) bond motifs is 3. The number of esters is 1. The smallest absolute Gasteiger partial charge is 0.342 e. The Hall–Kier alpha value is -3.72. The molecule has 1 aromatic heterocycles. The Labute approximate surface area is 191 Å². The molecule has 0 saturated heterocycles. The summed E-state index contributed by atoms with van der Waals surface area (Å²) in [6.45, 7) is 3.59. The first-order valence-electron chi connectivity index (χ1n) is 10.2. The Bertz CT molecular complexity index is 1470. The summed E-state index contributed by atoms with van der Waals surface area (Å²) in [4.78, 5) is 12.5. The lowest BCUT2D eigenvalue weighted by Gasteiger charge is -2.14. The lowest BCUT2D eigenvalue weighted by Crippen LogP contribution is -2.14. The van der Waals surface area contributed by atoms with E-state index in [2.05, 4.69) is 4.72 Å². The highest BCUT2D eigenvalue weighted by molar-refractivity contribution is 7.92. The van der Waals surface area contributed by atoms with Crippen LogP contribution in [-0.4, -0.2) is 35.2 Å². The molecule has 8 nitrogen and oxygen atoms in total. The lowest BCUT2D eigenvalue weighted by atomic mass is 10.0. The summed E-state index contributed by atoms with van der Waals surface area (Å²) in [5.74, 6) is 0.391. The van der Waals surface area contributed by atoms with Crippen molar-refractivity contribution in [3.63, 3.8) is 0 Å². The molecule has 0 unspecified atom stereocenters. The number of aryl methyl sites for hydroxylation is 1. The number of nitrogens with one attached hydrogen (secondary N) is 1. The number of hydrogen-bond donors (Lipinski definition) is 1. The molecule has 1 N–H and O–H groups in total. The Kier molecular flexibility index (Phi) is 5.90. The van der Waals surface area contributed by atoms with Crippen LogP contribution in [-0.2, 0) is 14.8 Å². The molecule has 3 aromatic carbocycles. The van der Waals surface area contributed by atoms with Gasteiger partial charge < -0.3 is 18.6 Å². The molecule has 1 heterocycles. The van der Waals surface area contributed by atoms with Crippen LogP contribution < -0.4 is 14.2 Å². The molecule has 0 fully saturated rings. The van der Waals surface area contributed by atoms with Crippen LogP contribution in [0.1, 0.15) is 23.0 Å². The first-order chi connectivity index (χ1) is 15.8. The number of furan rings is 1. The van der Waals surface area contributed by atoms with Crippen molar-refractivity contribution in [1.29, 1.82) is 0 Å². The molecular formula is C24H23NO7S. The molecule has 9 heteroatoms. The van der Waals surface area contributed by atoms with Gasteiger partial charge in [-0.25, -0.2) is 13.2 Å². The van der Waals surface area contributed by atoms with Crippen LogP contribution in [0.2, 0.25) is 0 Å². The first-order valence-corrected chi connectivity index (χ1v) is 11.7. The van der Waals surface area contributed by atoms with Crippen LogP contribution in [0.4, 0.5) is 5.69 Å². The Morgan fingerprint density at radius 1 is 1.00 bits per heavy atom. The van der Waals surface area contributed by atoms with Gasteiger partial charge in [0.15, 0.2) is 0 Å². The molecule has 0 amide bonds. The molecule has 0 spiro atoms. The minimum absolute atomic E-state index is 0.0810. The largest absolute Gasteiger partial charge is 0.497 e. The van der Waals surface area contributed by atoms with Crippen LogP contribution in [0.25, 0.3) is 21.7 Å². The van der Waals surface area contributed by atoms with Gasteiger partial charge in [-0.3, -0.25) is 4.72 Å². The second-order valence-corrected chi connectivity index (χ2v) is 8.87. The number of rotatable bonds is 7. The summed E-state index contributed by atoms with van der Waals surface area (Å²) in [5, 5.41) is 1.73. The van der Waals surface area contributed by atoms with Crippen LogP contribution in [0.5, 0.6) is 11.5 Å². The van der Waals surface area contributed by atoms with Gasteiger partial charge in [-0.05, 0) is 32.0 Å². The van der Waals surface area contributed by atoms with Gasteiger partial charge in [0, 0.05) is 22.2 Å². The third-order valence-corrected chi connectivity index (χ3v) is 6.64. The molecule has 0 aliphatic heterocycles. The number of ether oxygens (including phenoxy) is 3. The molecule has 172 valence electrons. The maximum Gasteiger partial charge on any atom is 0.342 e. The number of methoxy groups -OCH3 is 2. The summed E-state index contributed by atoms with van der Waals surface area (Å²) >= 11 is 0. The summed E-state index contributed by atoms with van der Waals surface area (Å²) in [6.07, 6.45) is 0. The number of hydrogen-bond acceptors (Lipinski definition) is 7. The van der Waals surface area contributed by atoms with E-state index in [1.54, 1.807) is 44.2 Å². The maximum atomic E-state index is 13.4. The molecule has 0 bridgehead atoms. The van der Waals surface area contributed by atoms with E-state index < -0.39 is 16.0 Å². The third kappa shape index (κ3) is 3.95. The highest BCUT2D eigenvalue weighted by Gasteiger charge is 2.25. The van der Waals surface area contributed by atoms with Crippen molar-refractivity contribution in [2.45, 2.75) is 18.7 Å². The molecule has 0 aliphatic rings. The number of carbonyl (C=O) groups is 1. The fourth-order valence-electron chi connectivity index (χ4n) is 3.77. The minimum atomic E-state index is -4.09. The number of anilines is 1. The van der Waals surface area contributed by atoms with E-state index >= 15 is 0 Å². The fourth-order valence-corrected chi connectivity index (χ4v) is 5.03. The molecule has 33 heavy (non-hydrogen) atoms. The van der Waals surface area contributed by atoms with E-state index in [1.165, 1.54) is 26.4 Å². The van der Waals surface area contributed by atoms with E-state index in [0.717, 1.165) is 0 Å². The summed E-state index contributed by atoms with van der Waals surface area (Å²) in [5.41, 5.74) is 1.03. The first kappa shape index (κ1) is 22.5. The number of sulfonamides is 1. The third-order valence-electron chi connectivity index (χ3n) is 5.26. The number of benzene rings is 3. The fraction of sp³-hybridized carbons (Fsp3) is 0.208. The monoisotopic (exact) mass is 469 g/mol. The summed E-state index contributed by atoms with van der Waals surface area (Å²) < 4.78 is 51.0. The molecule has 0 radical (unpaired) electrons. The van der Waals surface area contributed by atoms with Crippen molar-refractivity contribution in [2.24, 2.45) is 0 Å². The molecule has 0 aliphatic carbocycles. The highest BCUT2D eigenvalue weighted by atomic mass is 32.2. The SMILES string of the molecule is CCOC(=O)c1c(C)oc2c1cc(NS(=O)(=O)c1cc(OC)ccc1OC)c1ccccc12. The Morgan fingerprint density at radius 2 is 1.73 bits per heavy atom. The quantitative estimate of drug-likeness (QED) is 0.384. The van der Waals surface area contributed by atoms with Crippen LogP contribution in [0.15, 0.2) is 57.8 Å². The average molecular weight is 470 g/mol. The zero-order valence-corrected chi connectivity index (χ0v) is 19.4. The maximum absolute atomic E-state index is 13.4. The van der Waals surface area contributed by atoms with Crippen molar-refractivity contribution in [3.8, 4) is 11.5 Å². The van der Waals surface area contributed by atoms with E-state index in [1.807, 2.05) is 6.07 Å². The van der Waals surface area contributed by atoms with Gasteiger partial charge in [-0.1, -0.05) is 24.3 Å². The van der Waals surface area contributed by atoms with Crippen molar-refractivity contribution in [3.05, 3.63) is 59.9 Å². The van der Waals surface area contributed by atoms with Crippen LogP contribution in [0, 0.1) is 6.92 Å². The Morgan fingerprint density at radius 3 is 2.39 bits per heavy atom. The van der Waals surface area contributed by atoms with Crippen molar-refractivity contribution >= 4 is 43.4 Å². The summed E-state index contributed by atoms with van der Waals surface area (Å²) in [7, 11) is -1.25. The standard InChI is InChI=1S/C24H23NO7S/c1-5-31-24(26)22-14(2)32-23-17-9-7-6-8-16(17)19(13-18(22)23)25-33(27,28)21-12-15(29-3)10-11-20(21)30-4/h6-13,25H,5H2,1-4H3. The van der Waals surface area contributed by atoms with Gasteiger partial charge in [0.1, 0.15) is 33.3 Å². The zero-order valence-electron chi connectivity index (χ0n) is 18.6. The van der Waals surface area contributed by atoms with Gasteiger partial charge in [0.25, 0.3) is 10.0 Å². The predicted molar refractivity (Wildman–Crippen MR) is 125 cm³/mol. The van der Waals surface area contributed by atoms with Crippen LogP contribution >= 0.6 is 0 Å². The highest BCUT2D eigenvalue weighted by Crippen LogP contribution is 2.38. The van der Waals surface area contributed by atoms with E-state index in [9.17, 15) is 13.2 Å². The molecular weight excluding hydrogens is 446 g/mol. The predicted octanol–water partition coefficient (Wildman–Crippen LogP) is 4.89. The normalized spacial score (nSPS) is 11.5. The minimum Gasteiger partial charge on any atom is -0.497 e.